The van der Waals surface area contributed by atoms with Gasteiger partial charge >= 0.3 is 6.03 Å². The first-order valence-electron chi connectivity index (χ1n) is 9.51. The fourth-order valence-electron chi connectivity index (χ4n) is 3.28. The third-order valence-corrected chi connectivity index (χ3v) is 4.78. The SMILES string of the molecule is CCN(CC(=O)NC(C)C)C(=O)CN1C(=O)NC(CC)(c2ccccc2)C1=O. The van der Waals surface area contributed by atoms with Crippen molar-refractivity contribution in [1.29, 1.82) is 0 Å². The molecule has 0 saturated carbocycles. The minimum atomic E-state index is -1.18. The zero-order chi connectivity index (χ0) is 20.9. The zero-order valence-corrected chi connectivity index (χ0v) is 16.8. The van der Waals surface area contributed by atoms with Crippen LogP contribution in [-0.4, -0.2) is 59.2 Å². The highest BCUT2D eigenvalue weighted by molar-refractivity contribution is 6.09. The van der Waals surface area contributed by atoms with Gasteiger partial charge in [0, 0.05) is 12.6 Å². The molecule has 1 aromatic carbocycles. The Bertz CT molecular complexity index is 750. The summed E-state index contributed by atoms with van der Waals surface area (Å²) >= 11 is 0. The van der Waals surface area contributed by atoms with E-state index in [9.17, 15) is 19.2 Å². The molecule has 0 spiro atoms. The van der Waals surface area contributed by atoms with Crippen LogP contribution in [0.2, 0.25) is 0 Å². The molecular weight excluding hydrogens is 360 g/mol. The van der Waals surface area contributed by atoms with Crippen LogP contribution in [0.1, 0.15) is 39.7 Å². The lowest BCUT2D eigenvalue weighted by molar-refractivity contribution is -0.140. The first-order chi connectivity index (χ1) is 13.2. The molecular formula is C20H28N4O4. The number of urea groups is 1. The van der Waals surface area contributed by atoms with Gasteiger partial charge in [0.05, 0.1) is 6.54 Å². The fourth-order valence-corrected chi connectivity index (χ4v) is 3.28. The van der Waals surface area contributed by atoms with E-state index in [2.05, 4.69) is 10.6 Å². The van der Waals surface area contributed by atoms with E-state index >= 15 is 0 Å². The van der Waals surface area contributed by atoms with Crippen molar-refractivity contribution in [1.82, 2.24) is 20.4 Å². The van der Waals surface area contributed by atoms with Gasteiger partial charge in [-0.2, -0.15) is 0 Å². The van der Waals surface area contributed by atoms with Gasteiger partial charge in [-0.05, 0) is 32.8 Å². The molecule has 1 aromatic rings. The van der Waals surface area contributed by atoms with Gasteiger partial charge in [0.1, 0.15) is 12.1 Å². The van der Waals surface area contributed by atoms with Gasteiger partial charge in [-0.25, -0.2) is 4.79 Å². The lowest BCUT2D eigenvalue weighted by atomic mass is 9.87. The molecule has 1 aliphatic rings. The number of nitrogens with zero attached hydrogens (tertiary/aromatic N) is 2. The van der Waals surface area contributed by atoms with Crippen molar-refractivity contribution in [2.75, 3.05) is 19.6 Å². The fraction of sp³-hybridized carbons (Fsp3) is 0.500. The number of carbonyl (C=O) groups is 4. The third kappa shape index (κ3) is 4.32. The molecule has 0 bridgehead atoms. The normalized spacial score (nSPS) is 19.0. The van der Waals surface area contributed by atoms with Crippen molar-refractivity contribution >= 4 is 23.8 Å². The van der Waals surface area contributed by atoms with Gasteiger partial charge in [0.2, 0.25) is 11.8 Å². The number of amides is 5. The number of carbonyl (C=O) groups excluding carboxylic acids is 4. The monoisotopic (exact) mass is 388 g/mol. The van der Waals surface area contributed by atoms with Crippen molar-refractivity contribution in [2.24, 2.45) is 0 Å². The summed E-state index contributed by atoms with van der Waals surface area (Å²) in [6, 6.07) is 8.34. The van der Waals surface area contributed by atoms with Crippen LogP contribution in [0.25, 0.3) is 0 Å². The molecule has 2 rings (SSSR count). The standard InChI is InChI=1S/C20H28N4O4/c1-5-20(15-10-8-7-9-11-15)18(27)24(19(28)22-20)13-17(26)23(6-2)12-16(25)21-14(3)4/h7-11,14H,5-6,12-13H2,1-4H3,(H,21,25)(H,22,28). The van der Waals surface area contributed by atoms with Crippen LogP contribution >= 0.6 is 0 Å². The summed E-state index contributed by atoms with van der Waals surface area (Å²) in [5.74, 6) is -1.19. The van der Waals surface area contributed by atoms with Crippen molar-refractivity contribution in [3.63, 3.8) is 0 Å². The van der Waals surface area contributed by atoms with E-state index < -0.39 is 29.9 Å². The first kappa shape index (κ1) is 21.4. The highest BCUT2D eigenvalue weighted by Gasteiger charge is 2.51. The predicted octanol–water partition coefficient (Wildman–Crippen LogP) is 1.22. The van der Waals surface area contributed by atoms with Gasteiger partial charge in [-0.1, -0.05) is 37.3 Å². The third-order valence-electron chi connectivity index (χ3n) is 4.78. The predicted molar refractivity (Wildman–Crippen MR) is 104 cm³/mol. The molecule has 1 heterocycles. The van der Waals surface area contributed by atoms with Gasteiger partial charge in [0.25, 0.3) is 5.91 Å². The van der Waals surface area contributed by atoms with E-state index in [1.165, 1.54) is 4.90 Å². The highest BCUT2D eigenvalue weighted by atomic mass is 16.2. The van der Waals surface area contributed by atoms with E-state index in [0.29, 0.717) is 18.5 Å². The summed E-state index contributed by atoms with van der Waals surface area (Å²) in [5.41, 5.74) is -0.500. The molecule has 2 N–H and O–H groups in total. The quantitative estimate of drug-likeness (QED) is 0.654. The smallest absolute Gasteiger partial charge is 0.325 e. The Labute approximate surface area is 165 Å². The lowest BCUT2D eigenvalue weighted by Crippen LogP contribution is -2.48. The van der Waals surface area contributed by atoms with Crippen molar-refractivity contribution < 1.29 is 19.2 Å². The summed E-state index contributed by atoms with van der Waals surface area (Å²) in [4.78, 5) is 52.4. The molecule has 1 fully saturated rings. The Morgan fingerprint density at radius 3 is 2.36 bits per heavy atom. The van der Waals surface area contributed by atoms with Crippen LogP contribution in [0.5, 0.6) is 0 Å². The number of benzene rings is 1. The number of nitrogens with one attached hydrogen (secondary N) is 2. The van der Waals surface area contributed by atoms with Crippen molar-refractivity contribution in [3.05, 3.63) is 35.9 Å². The van der Waals surface area contributed by atoms with Crippen LogP contribution in [0.3, 0.4) is 0 Å². The number of likely N-dealkylation sites (N-methyl/N-ethyl adjacent to an activating group) is 1. The Balaban J connectivity index is 2.15. The molecule has 8 nitrogen and oxygen atoms in total. The van der Waals surface area contributed by atoms with Crippen molar-refractivity contribution in [3.8, 4) is 0 Å². The number of hydrogen-bond donors (Lipinski definition) is 2. The maximum atomic E-state index is 13.1. The largest absolute Gasteiger partial charge is 0.352 e. The van der Waals surface area contributed by atoms with Gasteiger partial charge < -0.3 is 15.5 Å². The Kier molecular flexibility index (Phi) is 6.77. The first-order valence-corrected chi connectivity index (χ1v) is 9.51. The molecule has 1 atom stereocenters. The lowest BCUT2D eigenvalue weighted by Gasteiger charge is -2.26. The molecule has 1 saturated heterocycles. The van der Waals surface area contributed by atoms with E-state index in [-0.39, 0.29) is 18.5 Å². The van der Waals surface area contributed by atoms with E-state index in [4.69, 9.17) is 0 Å². The van der Waals surface area contributed by atoms with E-state index in [0.717, 1.165) is 4.90 Å². The number of hydrogen-bond acceptors (Lipinski definition) is 4. The number of imide groups is 1. The molecule has 152 valence electrons. The Hall–Kier alpha value is -2.90. The molecule has 1 aliphatic heterocycles. The minimum absolute atomic E-state index is 0.0386. The van der Waals surface area contributed by atoms with Crippen LogP contribution in [0.4, 0.5) is 4.79 Å². The van der Waals surface area contributed by atoms with E-state index in [1.807, 2.05) is 26.8 Å². The highest BCUT2D eigenvalue weighted by Crippen LogP contribution is 2.32. The molecule has 0 aliphatic carbocycles. The summed E-state index contributed by atoms with van der Waals surface area (Å²) < 4.78 is 0. The molecule has 0 radical (unpaired) electrons. The summed E-state index contributed by atoms with van der Waals surface area (Å²) in [7, 11) is 0. The topological polar surface area (TPSA) is 98.8 Å². The van der Waals surface area contributed by atoms with Crippen LogP contribution in [0, 0.1) is 0 Å². The molecule has 5 amide bonds. The van der Waals surface area contributed by atoms with Gasteiger partial charge in [-0.15, -0.1) is 0 Å². The molecule has 1 unspecified atom stereocenters. The van der Waals surface area contributed by atoms with Gasteiger partial charge in [0.15, 0.2) is 0 Å². The van der Waals surface area contributed by atoms with Gasteiger partial charge in [-0.3, -0.25) is 19.3 Å². The average molecular weight is 388 g/mol. The van der Waals surface area contributed by atoms with Crippen LogP contribution in [0.15, 0.2) is 30.3 Å². The second-order valence-corrected chi connectivity index (χ2v) is 7.08. The summed E-state index contributed by atoms with van der Waals surface area (Å²) in [5, 5.41) is 5.47. The molecule has 28 heavy (non-hydrogen) atoms. The van der Waals surface area contributed by atoms with E-state index in [1.54, 1.807) is 31.2 Å². The minimum Gasteiger partial charge on any atom is -0.352 e. The van der Waals surface area contributed by atoms with Crippen LogP contribution in [-0.2, 0) is 19.9 Å². The zero-order valence-electron chi connectivity index (χ0n) is 16.8. The number of rotatable bonds is 8. The maximum Gasteiger partial charge on any atom is 0.325 e. The second-order valence-electron chi connectivity index (χ2n) is 7.08. The van der Waals surface area contributed by atoms with Crippen molar-refractivity contribution in [2.45, 2.75) is 45.7 Å². The van der Waals surface area contributed by atoms with Crippen LogP contribution < -0.4 is 10.6 Å². The molecule has 0 aromatic heterocycles. The molecule has 8 heteroatoms. The average Bonchev–Trinajstić information content (AvgIpc) is 2.91. The summed E-state index contributed by atoms with van der Waals surface area (Å²) in [6.45, 7) is 6.99. The Morgan fingerprint density at radius 2 is 1.82 bits per heavy atom. The maximum absolute atomic E-state index is 13.1. The second kappa shape index (κ2) is 8.86. The summed E-state index contributed by atoms with van der Waals surface area (Å²) in [6.07, 6.45) is 0.362. The Morgan fingerprint density at radius 1 is 1.18 bits per heavy atom.